The van der Waals surface area contributed by atoms with Gasteiger partial charge in [-0.25, -0.2) is 13.2 Å². The number of rotatable bonds is 4. The number of amides is 1. The number of aliphatic hydroxyl groups is 1. The number of hydrogen-bond donors (Lipinski definition) is 2. The van der Waals surface area contributed by atoms with Gasteiger partial charge in [-0.3, -0.25) is 4.79 Å². The predicted molar refractivity (Wildman–Crippen MR) is 134 cm³/mol. The lowest BCUT2D eigenvalue weighted by Gasteiger charge is -2.40. The molecule has 4 fully saturated rings. The lowest BCUT2D eigenvalue weighted by atomic mass is 9.79. The average Bonchev–Trinajstić information content (AvgIpc) is 3.49. The number of hydrogen-bond acceptors (Lipinski definition) is 4. The molecule has 2 aliphatic heterocycles. The van der Waals surface area contributed by atoms with Crippen LogP contribution >= 0.6 is 0 Å². The van der Waals surface area contributed by atoms with Crippen LogP contribution in [0.15, 0.2) is 42.5 Å². The molecule has 1 amide bonds. The van der Waals surface area contributed by atoms with Gasteiger partial charge in [0, 0.05) is 24.1 Å². The van der Waals surface area contributed by atoms with E-state index in [1.165, 1.54) is 42.3 Å². The lowest BCUT2D eigenvalue weighted by Crippen LogP contribution is -2.58. The zero-order valence-corrected chi connectivity index (χ0v) is 21.9. The number of nitrogens with zero attached hydrogens (tertiary/aromatic N) is 2. The second-order valence-electron chi connectivity index (χ2n) is 11.5. The maximum atomic E-state index is 17.0. The zero-order valence-electron chi connectivity index (χ0n) is 21.1. The summed E-state index contributed by atoms with van der Waals surface area (Å²) in [5, 5.41) is 10.9. The molecule has 2 saturated carbocycles. The third kappa shape index (κ3) is 3.65. The van der Waals surface area contributed by atoms with Crippen LogP contribution in [0.5, 0.6) is 0 Å². The van der Waals surface area contributed by atoms with Gasteiger partial charge in [-0.05, 0) is 62.3 Å². The van der Waals surface area contributed by atoms with Gasteiger partial charge >= 0.3 is 0 Å². The fourth-order valence-electron chi connectivity index (χ4n) is 6.67. The summed E-state index contributed by atoms with van der Waals surface area (Å²) in [7, 11) is -2.71. The Balaban J connectivity index is 1.43. The third-order valence-corrected chi connectivity index (χ3v) is 11.0. The van der Waals surface area contributed by atoms with Crippen LogP contribution in [0.3, 0.4) is 0 Å². The fourth-order valence-corrected chi connectivity index (χ4v) is 8.25. The number of alkyl halides is 1. The van der Waals surface area contributed by atoms with E-state index >= 15 is 8.78 Å². The molecule has 0 radical (unpaired) electrons. The Hall–Kier alpha value is -2.47. The zero-order chi connectivity index (χ0) is 27.3. The summed E-state index contributed by atoms with van der Waals surface area (Å²) in [5.41, 5.74) is -4.10. The van der Waals surface area contributed by atoms with Crippen LogP contribution in [-0.2, 0) is 21.4 Å². The largest absolute Gasteiger partial charge is 0.380 e. The van der Waals surface area contributed by atoms with Crippen LogP contribution in [0.25, 0.3) is 11.1 Å². The lowest BCUT2D eigenvalue weighted by molar-refractivity contribution is -0.161. The average molecular weight is 550 g/mol. The smallest absolute Gasteiger partial charge is 0.280 e. The molecule has 5 atom stereocenters. The van der Waals surface area contributed by atoms with E-state index in [1.54, 1.807) is 19.1 Å². The van der Waals surface area contributed by atoms with Gasteiger partial charge in [0.05, 0.1) is 18.6 Å². The van der Waals surface area contributed by atoms with E-state index < -0.39 is 69.1 Å². The number of carbonyl (C=O) groups is 1. The van der Waals surface area contributed by atoms with Crippen molar-refractivity contribution in [1.29, 1.82) is 0 Å². The molecule has 4 aliphatic rings. The van der Waals surface area contributed by atoms with Crippen LogP contribution in [-0.4, -0.2) is 71.1 Å². The maximum Gasteiger partial charge on any atom is 0.280 e. The van der Waals surface area contributed by atoms with Crippen molar-refractivity contribution in [3.05, 3.63) is 59.7 Å². The van der Waals surface area contributed by atoms with Crippen LogP contribution in [0.2, 0.25) is 0 Å². The van der Waals surface area contributed by atoms with Gasteiger partial charge < -0.3 is 10.0 Å². The number of nitrogens with one attached hydrogen (secondary N) is 1. The van der Waals surface area contributed by atoms with Gasteiger partial charge in [0.2, 0.25) is 0 Å². The van der Waals surface area contributed by atoms with Crippen molar-refractivity contribution in [1.82, 2.24) is 13.9 Å². The molecule has 2 aromatic carbocycles. The Bertz CT molecular complexity index is 1430. The standard InChI is InChI=1S/C27H30F3N3O4S/c1-25-14-21(25)27(30)15-33(24(34)26(35)10-5-11-26)20(23(27)31-38(36,37)32(25)2)13-17-7-4-9-19(22(17)29)16-6-3-8-18(28)12-16/h3-4,6-9,12,20-21,23,31,35H,5,10-11,13-15H2,1-2H3/t20-,21?,23+,25?,27?/m0/s1. The molecule has 2 saturated heterocycles. The summed E-state index contributed by atoms with van der Waals surface area (Å²) in [6, 6.07) is 7.65. The summed E-state index contributed by atoms with van der Waals surface area (Å²) in [6.07, 6.45) is 1.21. The van der Waals surface area contributed by atoms with E-state index in [4.69, 9.17) is 0 Å². The summed E-state index contributed by atoms with van der Waals surface area (Å²) >= 11 is 0. The highest BCUT2D eigenvalue weighted by molar-refractivity contribution is 7.87. The minimum atomic E-state index is -4.12. The highest BCUT2D eigenvalue weighted by atomic mass is 32.2. The van der Waals surface area contributed by atoms with E-state index in [2.05, 4.69) is 4.72 Å². The Morgan fingerprint density at radius 1 is 1.18 bits per heavy atom. The van der Waals surface area contributed by atoms with Gasteiger partial charge in [0.1, 0.15) is 17.2 Å². The van der Waals surface area contributed by atoms with Crippen molar-refractivity contribution >= 4 is 16.1 Å². The molecule has 38 heavy (non-hydrogen) atoms. The number of likely N-dealkylation sites (tertiary alicyclic amines) is 1. The normalized spacial score (nSPS) is 35.1. The Labute approximate surface area is 219 Å². The quantitative estimate of drug-likeness (QED) is 0.614. The topological polar surface area (TPSA) is 89.9 Å². The molecule has 0 aromatic heterocycles. The van der Waals surface area contributed by atoms with Crippen molar-refractivity contribution in [2.45, 2.75) is 67.9 Å². The maximum absolute atomic E-state index is 17.0. The van der Waals surface area contributed by atoms with Crippen LogP contribution < -0.4 is 4.72 Å². The first kappa shape index (κ1) is 25.8. The third-order valence-electron chi connectivity index (χ3n) is 9.34. The van der Waals surface area contributed by atoms with E-state index in [9.17, 15) is 22.7 Å². The first-order chi connectivity index (χ1) is 17.8. The number of benzene rings is 2. The first-order valence-corrected chi connectivity index (χ1v) is 14.3. The fraction of sp³-hybridized carbons (Fsp3) is 0.519. The molecule has 2 aliphatic carbocycles. The molecule has 0 spiro atoms. The van der Waals surface area contributed by atoms with E-state index in [0.29, 0.717) is 18.4 Å². The van der Waals surface area contributed by atoms with Gasteiger partial charge in [0.15, 0.2) is 5.67 Å². The molecule has 3 unspecified atom stereocenters. The van der Waals surface area contributed by atoms with Crippen molar-refractivity contribution in [3.8, 4) is 11.1 Å². The Morgan fingerprint density at radius 3 is 2.55 bits per heavy atom. The van der Waals surface area contributed by atoms with E-state index in [1.807, 2.05) is 0 Å². The second kappa shape index (κ2) is 8.27. The van der Waals surface area contributed by atoms with Gasteiger partial charge in [0.25, 0.3) is 16.1 Å². The number of fused-ring (bicyclic) bond motifs is 3. The van der Waals surface area contributed by atoms with Crippen molar-refractivity contribution in [3.63, 3.8) is 0 Å². The highest BCUT2D eigenvalue weighted by Crippen LogP contribution is 2.61. The molecule has 2 heterocycles. The van der Waals surface area contributed by atoms with Crippen LogP contribution in [0.1, 0.15) is 38.2 Å². The molecule has 2 N–H and O–H groups in total. The Kier molecular flexibility index (Phi) is 5.61. The van der Waals surface area contributed by atoms with Crippen molar-refractivity contribution in [2.24, 2.45) is 5.92 Å². The van der Waals surface area contributed by atoms with E-state index in [-0.39, 0.29) is 30.4 Å². The minimum absolute atomic E-state index is 0.134. The summed E-state index contributed by atoms with van der Waals surface area (Å²) < 4.78 is 76.7. The molecular formula is C27H30F3N3O4S. The van der Waals surface area contributed by atoms with Gasteiger partial charge in [-0.2, -0.15) is 17.4 Å². The second-order valence-corrected chi connectivity index (χ2v) is 13.2. The molecule has 0 bridgehead atoms. The number of halogens is 3. The molecule has 204 valence electrons. The predicted octanol–water partition coefficient (Wildman–Crippen LogP) is 2.94. The molecule has 7 nitrogen and oxygen atoms in total. The van der Waals surface area contributed by atoms with Crippen molar-refractivity contribution < 1.29 is 31.5 Å². The first-order valence-electron chi connectivity index (χ1n) is 12.8. The summed E-state index contributed by atoms with van der Waals surface area (Å²) in [6.45, 7) is 1.28. The number of carbonyl (C=O) groups excluding carboxylic acids is 1. The monoisotopic (exact) mass is 549 g/mol. The molecule has 11 heteroatoms. The molecular weight excluding hydrogens is 519 g/mol. The van der Waals surface area contributed by atoms with Crippen LogP contribution in [0.4, 0.5) is 13.2 Å². The summed E-state index contributed by atoms with van der Waals surface area (Å²) in [4.78, 5) is 14.8. The highest BCUT2D eigenvalue weighted by Gasteiger charge is 2.75. The molecule has 2 aromatic rings. The SMILES string of the molecule is CN1C2(C)CC2C2(F)CN(C(=O)C3(O)CCC3)[C@@H](Cc3cccc(-c4cccc(F)c4)c3F)[C@H]2NS1(=O)=O. The van der Waals surface area contributed by atoms with Crippen LogP contribution in [0, 0.1) is 17.6 Å². The molecule has 6 rings (SSSR count). The van der Waals surface area contributed by atoms with Gasteiger partial charge in [-0.1, -0.05) is 30.3 Å². The van der Waals surface area contributed by atoms with Crippen molar-refractivity contribution in [2.75, 3.05) is 13.6 Å². The van der Waals surface area contributed by atoms with Gasteiger partial charge in [-0.15, -0.1) is 0 Å². The van der Waals surface area contributed by atoms with E-state index in [0.717, 1.165) is 4.31 Å². The minimum Gasteiger partial charge on any atom is -0.380 e. The Morgan fingerprint density at radius 2 is 1.89 bits per heavy atom. The summed E-state index contributed by atoms with van der Waals surface area (Å²) in [5.74, 6) is -2.51.